The third-order valence-electron chi connectivity index (χ3n) is 4.67. The molecule has 3 amide bonds. The molecule has 2 aliphatic rings. The van der Waals surface area contributed by atoms with Crippen LogP contribution in [0.4, 0.5) is 5.69 Å². The number of nitrogens with zero attached hydrogens (tertiary/aromatic N) is 2. The molecule has 0 aromatic heterocycles. The third-order valence-corrected chi connectivity index (χ3v) is 6.59. The summed E-state index contributed by atoms with van der Waals surface area (Å²) in [6.07, 6.45) is 1.82. The first-order chi connectivity index (χ1) is 13.3. The Kier molecular flexibility index (Phi) is 5.99. The smallest absolute Gasteiger partial charge is 0.246 e. The fourth-order valence-corrected chi connectivity index (χ4v) is 4.95. The van der Waals surface area contributed by atoms with Crippen LogP contribution in [0.2, 0.25) is 0 Å². The van der Waals surface area contributed by atoms with Crippen LogP contribution >= 0.6 is 0 Å². The zero-order valence-corrected chi connectivity index (χ0v) is 16.5. The van der Waals surface area contributed by atoms with Gasteiger partial charge in [0.15, 0.2) is 0 Å². The number of rotatable bonds is 7. The maximum atomic E-state index is 13.0. The highest BCUT2D eigenvalue weighted by Crippen LogP contribution is 2.31. The monoisotopic (exact) mass is 409 g/mol. The number of imide groups is 1. The van der Waals surface area contributed by atoms with Gasteiger partial charge in [0.05, 0.1) is 6.61 Å². The summed E-state index contributed by atoms with van der Waals surface area (Å²) >= 11 is 0. The number of carbonyl (C=O) groups excluding carboxylic acids is 3. The summed E-state index contributed by atoms with van der Waals surface area (Å²) in [5.74, 6) is -1.12. The molecule has 0 spiro atoms. The van der Waals surface area contributed by atoms with Crippen LogP contribution in [0.1, 0.15) is 32.6 Å². The van der Waals surface area contributed by atoms with Crippen LogP contribution in [-0.4, -0.2) is 61.6 Å². The maximum absolute atomic E-state index is 13.0. The topological polar surface area (TPSA) is 113 Å². The Morgan fingerprint density at radius 2 is 1.79 bits per heavy atom. The molecule has 0 unspecified atom stereocenters. The molecular formula is C18H23N3O6S. The lowest BCUT2D eigenvalue weighted by Gasteiger charge is -2.19. The molecule has 1 aromatic rings. The molecule has 9 nitrogen and oxygen atoms in total. The number of likely N-dealkylation sites (tertiary alicyclic amines) is 1. The summed E-state index contributed by atoms with van der Waals surface area (Å²) in [7, 11) is -3.75. The molecule has 152 valence electrons. The van der Waals surface area contributed by atoms with E-state index in [1.54, 1.807) is 6.92 Å². The van der Waals surface area contributed by atoms with Crippen molar-refractivity contribution in [3.8, 4) is 5.75 Å². The van der Waals surface area contributed by atoms with Crippen molar-refractivity contribution < 1.29 is 27.5 Å². The van der Waals surface area contributed by atoms with E-state index >= 15 is 0 Å². The fourth-order valence-electron chi connectivity index (χ4n) is 3.27. The van der Waals surface area contributed by atoms with Crippen molar-refractivity contribution in [2.45, 2.75) is 37.5 Å². The van der Waals surface area contributed by atoms with Gasteiger partial charge in [-0.1, -0.05) is 0 Å². The Labute approximate surface area is 163 Å². The zero-order chi connectivity index (χ0) is 20.3. The molecule has 0 bridgehead atoms. The Hall–Kier alpha value is -2.46. The van der Waals surface area contributed by atoms with Gasteiger partial charge < -0.3 is 10.1 Å². The highest BCUT2D eigenvalue weighted by atomic mass is 32.2. The molecule has 2 aliphatic heterocycles. The average molecular weight is 409 g/mol. The number of hydrogen-bond acceptors (Lipinski definition) is 6. The van der Waals surface area contributed by atoms with E-state index in [9.17, 15) is 22.8 Å². The van der Waals surface area contributed by atoms with E-state index in [0.717, 1.165) is 17.7 Å². The van der Waals surface area contributed by atoms with Crippen LogP contribution in [0.5, 0.6) is 5.75 Å². The fraction of sp³-hybridized carbons (Fsp3) is 0.500. The van der Waals surface area contributed by atoms with Crippen LogP contribution in [0.25, 0.3) is 0 Å². The van der Waals surface area contributed by atoms with Crippen molar-refractivity contribution in [3.05, 3.63) is 18.2 Å². The first-order valence-corrected chi connectivity index (χ1v) is 10.7. The lowest BCUT2D eigenvalue weighted by molar-refractivity contribution is -0.141. The highest BCUT2D eigenvalue weighted by molar-refractivity contribution is 7.89. The number of carbonyl (C=O) groups is 3. The van der Waals surface area contributed by atoms with Crippen LogP contribution in [-0.2, 0) is 24.4 Å². The molecule has 1 aromatic carbocycles. The third kappa shape index (κ3) is 4.17. The second kappa shape index (κ2) is 8.27. The van der Waals surface area contributed by atoms with Crippen LogP contribution in [0.3, 0.4) is 0 Å². The van der Waals surface area contributed by atoms with Gasteiger partial charge >= 0.3 is 0 Å². The van der Waals surface area contributed by atoms with E-state index in [-0.39, 0.29) is 47.5 Å². The number of benzene rings is 1. The van der Waals surface area contributed by atoms with Gasteiger partial charge in [-0.2, -0.15) is 4.31 Å². The van der Waals surface area contributed by atoms with Gasteiger partial charge in [-0.05, 0) is 38.0 Å². The van der Waals surface area contributed by atoms with Crippen molar-refractivity contribution in [3.63, 3.8) is 0 Å². The first kappa shape index (κ1) is 20.3. The highest BCUT2D eigenvalue weighted by Gasteiger charge is 2.32. The van der Waals surface area contributed by atoms with Crippen LogP contribution < -0.4 is 10.1 Å². The molecule has 28 heavy (non-hydrogen) atoms. The number of nitrogens with one attached hydrogen (secondary N) is 1. The van der Waals surface area contributed by atoms with Gasteiger partial charge in [0, 0.05) is 31.6 Å². The molecule has 2 heterocycles. The number of amides is 3. The van der Waals surface area contributed by atoms with Crippen molar-refractivity contribution in [1.29, 1.82) is 0 Å². The number of sulfonamides is 1. The second-order valence-corrected chi connectivity index (χ2v) is 8.53. The van der Waals surface area contributed by atoms with Gasteiger partial charge in [0.2, 0.25) is 27.7 Å². The molecule has 1 N–H and O–H groups in total. The van der Waals surface area contributed by atoms with E-state index in [1.165, 1.54) is 22.5 Å². The largest absolute Gasteiger partial charge is 0.492 e. The van der Waals surface area contributed by atoms with Gasteiger partial charge in [-0.15, -0.1) is 0 Å². The summed E-state index contributed by atoms with van der Waals surface area (Å²) in [6.45, 7) is 2.56. The van der Waals surface area contributed by atoms with Gasteiger partial charge in [0.25, 0.3) is 0 Å². The minimum atomic E-state index is -3.75. The Bertz CT molecular complexity index is 877. The van der Waals surface area contributed by atoms with Crippen molar-refractivity contribution in [2.24, 2.45) is 0 Å². The number of ether oxygens (including phenoxy) is 1. The van der Waals surface area contributed by atoms with E-state index in [4.69, 9.17) is 4.74 Å². The van der Waals surface area contributed by atoms with E-state index < -0.39 is 15.9 Å². The normalized spacial score (nSPS) is 18.0. The lowest BCUT2D eigenvalue weighted by Crippen LogP contribution is -2.36. The molecule has 10 heteroatoms. The van der Waals surface area contributed by atoms with E-state index in [0.29, 0.717) is 19.7 Å². The first-order valence-electron chi connectivity index (χ1n) is 9.23. The van der Waals surface area contributed by atoms with Crippen LogP contribution in [0.15, 0.2) is 23.1 Å². The van der Waals surface area contributed by atoms with Crippen molar-refractivity contribution in [1.82, 2.24) is 9.21 Å². The van der Waals surface area contributed by atoms with Crippen molar-refractivity contribution in [2.75, 3.05) is 31.6 Å². The lowest BCUT2D eigenvalue weighted by atomic mass is 10.3. The predicted molar refractivity (Wildman–Crippen MR) is 100 cm³/mol. The Balaban J connectivity index is 1.81. The summed E-state index contributed by atoms with van der Waals surface area (Å²) < 4.78 is 32.8. The molecule has 0 radical (unpaired) electrons. The molecule has 3 rings (SSSR count). The maximum Gasteiger partial charge on any atom is 0.246 e. The summed E-state index contributed by atoms with van der Waals surface area (Å²) in [6, 6.07) is 4.37. The Morgan fingerprint density at radius 1 is 1.14 bits per heavy atom. The van der Waals surface area contributed by atoms with E-state index in [2.05, 4.69) is 5.32 Å². The summed E-state index contributed by atoms with van der Waals surface area (Å²) in [5.41, 5.74) is 0.255. The summed E-state index contributed by atoms with van der Waals surface area (Å²) in [5, 5.41) is 2.56. The Morgan fingerprint density at radius 3 is 2.39 bits per heavy atom. The zero-order valence-electron chi connectivity index (χ0n) is 15.6. The minimum Gasteiger partial charge on any atom is -0.492 e. The van der Waals surface area contributed by atoms with Crippen molar-refractivity contribution >= 4 is 33.4 Å². The van der Waals surface area contributed by atoms with E-state index in [1.807, 2.05) is 0 Å². The standard InChI is InChI=1S/C18H23N3O6S/c1-2-27-14-6-5-13(11-15(14)28(25,26)20-9-3-4-10-20)19-16(22)12-21-17(23)7-8-18(21)24/h5-6,11H,2-4,7-10,12H2,1H3,(H,19,22). The molecule has 0 atom stereocenters. The SMILES string of the molecule is CCOc1ccc(NC(=O)CN2C(=O)CCC2=O)cc1S(=O)(=O)N1CCCC1. The van der Waals surface area contributed by atoms with Gasteiger partial charge in [-0.25, -0.2) is 8.42 Å². The quantitative estimate of drug-likeness (QED) is 0.671. The molecular weight excluding hydrogens is 386 g/mol. The van der Waals surface area contributed by atoms with Gasteiger partial charge in [0.1, 0.15) is 17.2 Å². The molecule has 0 saturated carbocycles. The van der Waals surface area contributed by atoms with Crippen LogP contribution in [0, 0.1) is 0 Å². The second-order valence-electron chi connectivity index (χ2n) is 6.63. The molecule has 2 fully saturated rings. The molecule has 0 aliphatic carbocycles. The molecule has 2 saturated heterocycles. The van der Waals surface area contributed by atoms with Gasteiger partial charge in [-0.3, -0.25) is 19.3 Å². The summed E-state index contributed by atoms with van der Waals surface area (Å²) in [4.78, 5) is 36.4. The minimum absolute atomic E-state index is 0.0117. The predicted octanol–water partition coefficient (Wildman–Crippen LogP) is 0.957. The number of hydrogen-bond donors (Lipinski definition) is 1. The average Bonchev–Trinajstić information content (AvgIpc) is 3.30. The number of anilines is 1.